The molecule has 1 amide bonds. The van der Waals surface area contributed by atoms with Gasteiger partial charge in [-0.05, 0) is 30.5 Å². The second-order valence-corrected chi connectivity index (χ2v) is 6.34. The van der Waals surface area contributed by atoms with E-state index in [1.165, 1.54) is 27.8 Å². The third-order valence-corrected chi connectivity index (χ3v) is 4.80. The first kappa shape index (κ1) is 14.1. The number of hydrogen-bond donors (Lipinski definition) is 1. The normalized spacial score (nSPS) is 17.3. The Kier molecular flexibility index (Phi) is 3.22. The maximum absolute atomic E-state index is 12.2. The van der Waals surface area contributed by atoms with Crippen LogP contribution in [0.2, 0.25) is 0 Å². The average molecular weight is 304 g/mol. The van der Waals surface area contributed by atoms with E-state index in [1.807, 2.05) is 4.90 Å². The van der Waals surface area contributed by atoms with Crippen molar-refractivity contribution in [1.29, 1.82) is 0 Å². The van der Waals surface area contributed by atoms with Gasteiger partial charge in [0.1, 0.15) is 0 Å². The van der Waals surface area contributed by atoms with E-state index in [2.05, 4.69) is 60.4 Å². The second kappa shape index (κ2) is 5.27. The molecule has 3 aromatic rings. The molecule has 1 aromatic heterocycles. The molecule has 0 fully saturated rings. The van der Waals surface area contributed by atoms with Crippen LogP contribution in [-0.2, 0) is 11.2 Å². The summed E-state index contributed by atoms with van der Waals surface area (Å²) in [7, 11) is 0. The molecule has 23 heavy (non-hydrogen) atoms. The van der Waals surface area contributed by atoms with Gasteiger partial charge in [-0.2, -0.15) is 0 Å². The molecule has 0 spiro atoms. The van der Waals surface area contributed by atoms with E-state index in [9.17, 15) is 4.79 Å². The first-order chi connectivity index (χ1) is 11.1. The Morgan fingerprint density at radius 1 is 1.17 bits per heavy atom. The van der Waals surface area contributed by atoms with Crippen LogP contribution >= 0.6 is 0 Å². The summed E-state index contributed by atoms with van der Waals surface area (Å²) in [5, 5.41) is 1.28. The first-order valence-electron chi connectivity index (χ1n) is 8.08. The van der Waals surface area contributed by atoms with Crippen molar-refractivity contribution in [2.75, 3.05) is 6.54 Å². The third-order valence-electron chi connectivity index (χ3n) is 4.80. The fraction of sp³-hybridized carbons (Fsp3) is 0.250. The van der Waals surface area contributed by atoms with E-state index in [0.717, 1.165) is 18.5 Å². The van der Waals surface area contributed by atoms with Gasteiger partial charge in [-0.25, -0.2) is 0 Å². The summed E-state index contributed by atoms with van der Waals surface area (Å²) in [6.45, 7) is 4.52. The Bertz CT molecular complexity index is 894. The zero-order chi connectivity index (χ0) is 16.0. The number of para-hydroxylation sites is 1. The lowest BCUT2D eigenvalue weighted by Gasteiger charge is -2.35. The number of aromatic nitrogens is 1. The number of aromatic amines is 1. The second-order valence-electron chi connectivity index (χ2n) is 6.34. The number of H-pyrrole nitrogens is 1. The molecule has 0 saturated carbocycles. The largest absolute Gasteiger partial charge is 0.356 e. The summed E-state index contributed by atoms with van der Waals surface area (Å²) >= 11 is 0. The van der Waals surface area contributed by atoms with Crippen LogP contribution in [0.25, 0.3) is 10.9 Å². The highest BCUT2D eigenvalue weighted by molar-refractivity contribution is 5.86. The van der Waals surface area contributed by atoms with Gasteiger partial charge in [-0.15, -0.1) is 0 Å². The highest BCUT2D eigenvalue weighted by atomic mass is 16.2. The smallest absolute Gasteiger partial charge is 0.220 e. The predicted octanol–water partition coefficient (Wildman–Crippen LogP) is 3.97. The highest BCUT2D eigenvalue weighted by Crippen LogP contribution is 2.38. The van der Waals surface area contributed by atoms with Gasteiger partial charge < -0.3 is 9.88 Å². The molecule has 2 heterocycles. The Labute approximate surface area is 135 Å². The van der Waals surface area contributed by atoms with Crippen molar-refractivity contribution in [2.24, 2.45) is 0 Å². The number of carbonyl (C=O) groups excluding carboxylic acids is 1. The summed E-state index contributed by atoms with van der Waals surface area (Å²) in [4.78, 5) is 17.8. The van der Waals surface area contributed by atoms with Crippen molar-refractivity contribution in [2.45, 2.75) is 26.3 Å². The zero-order valence-electron chi connectivity index (χ0n) is 13.5. The summed E-state index contributed by atoms with van der Waals surface area (Å²) in [5.74, 6) is 0.126. The van der Waals surface area contributed by atoms with E-state index in [4.69, 9.17) is 0 Å². The van der Waals surface area contributed by atoms with Gasteiger partial charge in [0.25, 0.3) is 0 Å². The molecule has 0 unspecified atom stereocenters. The maximum atomic E-state index is 12.2. The molecule has 0 saturated heterocycles. The molecular weight excluding hydrogens is 284 g/mol. The maximum Gasteiger partial charge on any atom is 0.220 e. The molecular formula is C20H20N2O. The number of fused-ring (bicyclic) bond motifs is 3. The number of hydrogen-bond acceptors (Lipinski definition) is 1. The Morgan fingerprint density at radius 2 is 2.00 bits per heavy atom. The van der Waals surface area contributed by atoms with Gasteiger partial charge in [-0.3, -0.25) is 4.79 Å². The summed E-state index contributed by atoms with van der Waals surface area (Å²) in [6.07, 6.45) is 0.904. The number of nitrogens with one attached hydrogen (secondary N) is 1. The van der Waals surface area contributed by atoms with Crippen LogP contribution in [0.1, 0.15) is 35.3 Å². The van der Waals surface area contributed by atoms with Crippen molar-refractivity contribution in [3.8, 4) is 0 Å². The van der Waals surface area contributed by atoms with Crippen LogP contribution in [0, 0.1) is 6.92 Å². The first-order valence-corrected chi connectivity index (χ1v) is 8.08. The molecule has 1 atom stereocenters. The minimum atomic E-state index is -0.0245. The molecule has 3 nitrogen and oxygen atoms in total. The molecule has 0 bridgehead atoms. The van der Waals surface area contributed by atoms with Gasteiger partial charge in [-0.1, -0.05) is 48.0 Å². The average Bonchev–Trinajstić information content (AvgIpc) is 2.92. The van der Waals surface area contributed by atoms with E-state index in [1.54, 1.807) is 6.92 Å². The van der Waals surface area contributed by atoms with Crippen LogP contribution in [0.4, 0.5) is 0 Å². The Balaban J connectivity index is 1.95. The van der Waals surface area contributed by atoms with Crippen molar-refractivity contribution in [3.63, 3.8) is 0 Å². The fourth-order valence-corrected chi connectivity index (χ4v) is 3.77. The number of amides is 1. The lowest BCUT2D eigenvalue weighted by molar-refractivity contribution is -0.130. The van der Waals surface area contributed by atoms with Crippen LogP contribution in [-0.4, -0.2) is 22.3 Å². The zero-order valence-corrected chi connectivity index (χ0v) is 13.5. The minimum Gasteiger partial charge on any atom is -0.356 e. The number of rotatable bonds is 1. The van der Waals surface area contributed by atoms with Crippen LogP contribution in [0.5, 0.6) is 0 Å². The van der Waals surface area contributed by atoms with Gasteiger partial charge in [0.2, 0.25) is 5.91 Å². The molecule has 4 rings (SSSR count). The molecule has 2 aromatic carbocycles. The van der Waals surface area contributed by atoms with Gasteiger partial charge in [0, 0.05) is 30.1 Å². The summed E-state index contributed by atoms with van der Waals surface area (Å²) in [6, 6.07) is 16.8. The number of carbonyl (C=O) groups is 1. The number of nitrogens with zero attached hydrogens (tertiary/aromatic N) is 1. The minimum absolute atomic E-state index is 0.0245. The van der Waals surface area contributed by atoms with Crippen molar-refractivity contribution >= 4 is 16.8 Å². The molecule has 0 radical (unpaired) electrons. The quantitative estimate of drug-likeness (QED) is 0.725. The van der Waals surface area contributed by atoms with Crippen molar-refractivity contribution in [3.05, 3.63) is 70.9 Å². The Morgan fingerprint density at radius 3 is 2.78 bits per heavy atom. The van der Waals surface area contributed by atoms with Crippen LogP contribution < -0.4 is 0 Å². The van der Waals surface area contributed by atoms with Gasteiger partial charge in [0.05, 0.1) is 6.04 Å². The topological polar surface area (TPSA) is 36.1 Å². The summed E-state index contributed by atoms with van der Waals surface area (Å²) in [5.41, 5.74) is 6.06. The van der Waals surface area contributed by atoms with E-state index >= 15 is 0 Å². The van der Waals surface area contributed by atoms with Crippen molar-refractivity contribution in [1.82, 2.24) is 9.88 Å². The highest BCUT2D eigenvalue weighted by Gasteiger charge is 2.32. The monoisotopic (exact) mass is 304 g/mol. The molecule has 3 heteroatoms. The van der Waals surface area contributed by atoms with E-state index < -0.39 is 0 Å². The number of benzene rings is 2. The Hall–Kier alpha value is -2.55. The molecule has 1 aliphatic rings. The van der Waals surface area contributed by atoms with Crippen LogP contribution in [0.15, 0.2) is 48.5 Å². The summed E-state index contributed by atoms with van der Waals surface area (Å²) < 4.78 is 0. The lowest BCUT2D eigenvalue weighted by Crippen LogP contribution is -2.39. The number of aryl methyl sites for hydroxylation is 1. The molecule has 1 aliphatic heterocycles. The predicted molar refractivity (Wildman–Crippen MR) is 92.4 cm³/mol. The van der Waals surface area contributed by atoms with E-state index in [-0.39, 0.29) is 11.9 Å². The third kappa shape index (κ3) is 2.24. The molecule has 0 aliphatic carbocycles. The molecule has 1 N–H and O–H groups in total. The van der Waals surface area contributed by atoms with Gasteiger partial charge in [0.15, 0.2) is 0 Å². The van der Waals surface area contributed by atoms with Crippen molar-refractivity contribution < 1.29 is 4.79 Å². The van der Waals surface area contributed by atoms with Crippen LogP contribution in [0.3, 0.4) is 0 Å². The molecule has 116 valence electrons. The standard InChI is InChI=1S/C20H20N2O/c1-13-6-5-7-15(12-13)20-19-17(10-11-22(20)14(2)23)16-8-3-4-9-18(16)21-19/h3-9,12,20-21H,10-11H2,1-2H3/t20-/m0/s1. The van der Waals surface area contributed by atoms with Gasteiger partial charge >= 0.3 is 0 Å². The van der Waals surface area contributed by atoms with E-state index in [0.29, 0.717) is 0 Å². The lowest BCUT2D eigenvalue weighted by atomic mass is 9.91. The fourth-order valence-electron chi connectivity index (χ4n) is 3.77. The SMILES string of the molecule is CC(=O)N1CCc2c([nH]c3ccccc23)[C@@H]1c1cccc(C)c1.